The lowest BCUT2D eigenvalue weighted by atomic mass is 10.2. The monoisotopic (exact) mass is 453 g/mol. The van der Waals surface area contributed by atoms with E-state index in [1.807, 2.05) is 0 Å². The van der Waals surface area contributed by atoms with E-state index in [4.69, 9.17) is 9.47 Å². The van der Waals surface area contributed by atoms with Crippen LogP contribution < -0.4 is 14.2 Å². The Balaban J connectivity index is 1.37. The van der Waals surface area contributed by atoms with Crippen LogP contribution in [-0.2, 0) is 22.9 Å². The Labute approximate surface area is 183 Å². The molecule has 158 valence electrons. The molecule has 1 N–H and O–H groups in total. The predicted molar refractivity (Wildman–Crippen MR) is 120 cm³/mol. The van der Waals surface area contributed by atoms with Crippen LogP contribution in [-0.4, -0.2) is 25.5 Å². The molecule has 0 fully saturated rings. The number of aryl methyl sites for hydroxylation is 2. The zero-order valence-electron chi connectivity index (χ0n) is 16.7. The first-order valence-corrected chi connectivity index (χ1v) is 12.0. The van der Waals surface area contributed by atoms with Gasteiger partial charge < -0.3 is 9.47 Å². The summed E-state index contributed by atoms with van der Waals surface area (Å²) in [5.74, 6) is 1.68. The summed E-state index contributed by atoms with van der Waals surface area (Å²) in [6.45, 7) is 0. The number of thiophene rings is 1. The lowest BCUT2D eigenvalue weighted by Crippen LogP contribution is -2.12. The molecule has 0 spiro atoms. The van der Waals surface area contributed by atoms with Crippen molar-refractivity contribution < 1.29 is 17.9 Å². The number of aromatic nitrogens is 2. The van der Waals surface area contributed by atoms with E-state index in [2.05, 4.69) is 14.7 Å². The maximum atomic E-state index is 12.7. The lowest BCUT2D eigenvalue weighted by Gasteiger charge is -2.10. The first-order chi connectivity index (χ1) is 15.0. The van der Waals surface area contributed by atoms with Crippen molar-refractivity contribution in [1.82, 2.24) is 9.97 Å². The molecule has 0 saturated heterocycles. The molecular formula is C22H19N3O4S2. The molecule has 0 amide bonds. The molecule has 1 aliphatic carbocycles. The first kappa shape index (κ1) is 19.8. The van der Waals surface area contributed by atoms with E-state index in [-0.39, 0.29) is 4.90 Å². The molecule has 0 radical (unpaired) electrons. The van der Waals surface area contributed by atoms with Gasteiger partial charge in [-0.15, -0.1) is 11.3 Å². The van der Waals surface area contributed by atoms with E-state index in [1.54, 1.807) is 54.8 Å². The Bertz CT molecular complexity index is 1350. The summed E-state index contributed by atoms with van der Waals surface area (Å²) < 4.78 is 39.0. The van der Waals surface area contributed by atoms with Gasteiger partial charge in [-0.1, -0.05) is 0 Å². The Morgan fingerprint density at radius 2 is 1.71 bits per heavy atom. The van der Waals surface area contributed by atoms with Gasteiger partial charge in [-0.3, -0.25) is 4.72 Å². The highest BCUT2D eigenvalue weighted by molar-refractivity contribution is 7.92. The summed E-state index contributed by atoms with van der Waals surface area (Å²) >= 11 is 1.69. The van der Waals surface area contributed by atoms with Crippen molar-refractivity contribution in [3.05, 3.63) is 65.3 Å². The van der Waals surface area contributed by atoms with Crippen LogP contribution in [0.5, 0.6) is 17.4 Å². The van der Waals surface area contributed by atoms with Crippen molar-refractivity contribution in [2.75, 3.05) is 11.8 Å². The maximum Gasteiger partial charge on any atom is 0.261 e. The fourth-order valence-electron chi connectivity index (χ4n) is 3.65. The topological polar surface area (TPSA) is 90.4 Å². The summed E-state index contributed by atoms with van der Waals surface area (Å²) in [6, 6.07) is 13.0. The summed E-state index contributed by atoms with van der Waals surface area (Å²) in [7, 11) is -2.17. The van der Waals surface area contributed by atoms with Gasteiger partial charge in [-0.2, -0.15) is 0 Å². The summed E-state index contributed by atoms with van der Waals surface area (Å²) in [5.41, 5.74) is 1.73. The SMILES string of the molecule is COc1ccc(NS(=O)(=O)c2ccc(Oc3ncnc4sc5c(c34)CCC5)cc2)cc1. The van der Waals surface area contributed by atoms with Crippen molar-refractivity contribution in [2.24, 2.45) is 0 Å². The van der Waals surface area contributed by atoms with Gasteiger partial charge >= 0.3 is 0 Å². The highest BCUT2D eigenvalue weighted by Gasteiger charge is 2.22. The maximum absolute atomic E-state index is 12.7. The number of nitrogens with zero attached hydrogens (tertiary/aromatic N) is 2. The van der Waals surface area contributed by atoms with E-state index in [0.717, 1.165) is 29.5 Å². The van der Waals surface area contributed by atoms with E-state index in [1.165, 1.54) is 28.9 Å². The lowest BCUT2D eigenvalue weighted by molar-refractivity contribution is 0.415. The standard InChI is InChI=1S/C22H19N3O4S2/c1-28-15-7-5-14(6-8-15)25-31(26,27)17-11-9-16(10-12-17)29-21-20-18-3-2-4-19(18)30-22(20)24-13-23-21/h5-13,25H,2-4H2,1H3. The number of anilines is 1. The largest absolute Gasteiger partial charge is 0.497 e. The molecule has 5 rings (SSSR count). The summed E-state index contributed by atoms with van der Waals surface area (Å²) in [4.78, 5) is 11.1. The van der Waals surface area contributed by atoms with Gasteiger partial charge in [0.1, 0.15) is 22.7 Å². The third kappa shape index (κ3) is 3.82. The van der Waals surface area contributed by atoms with Gasteiger partial charge in [0.15, 0.2) is 0 Å². The predicted octanol–water partition coefficient (Wildman–Crippen LogP) is 4.78. The number of hydrogen-bond acceptors (Lipinski definition) is 7. The minimum atomic E-state index is -3.73. The van der Waals surface area contributed by atoms with Crippen LogP contribution in [0.4, 0.5) is 5.69 Å². The normalized spacial score (nSPS) is 13.2. The number of fused-ring (bicyclic) bond motifs is 3. The molecule has 2 aromatic heterocycles. The molecule has 0 unspecified atom stereocenters. The number of methoxy groups -OCH3 is 1. The van der Waals surface area contributed by atoms with Crippen LogP contribution in [0.25, 0.3) is 10.2 Å². The molecule has 0 aliphatic heterocycles. The minimum Gasteiger partial charge on any atom is -0.497 e. The van der Waals surface area contributed by atoms with Crippen LogP contribution in [0.2, 0.25) is 0 Å². The second-order valence-corrected chi connectivity index (χ2v) is 9.89. The van der Waals surface area contributed by atoms with Gasteiger partial charge in [0.05, 0.1) is 17.4 Å². The zero-order valence-corrected chi connectivity index (χ0v) is 18.3. The number of rotatable bonds is 6. The van der Waals surface area contributed by atoms with Crippen LogP contribution in [0.3, 0.4) is 0 Å². The van der Waals surface area contributed by atoms with E-state index >= 15 is 0 Å². The van der Waals surface area contributed by atoms with E-state index < -0.39 is 10.0 Å². The summed E-state index contributed by atoms with van der Waals surface area (Å²) in [5, 5.41) is 0.970. The molecule has 31 heavy (non-hydrogen) atoms. The molecule has 0 atom stereocenters. The van der Waals surface area contributed by atoms with Gasteiger partial charge in [0.25, 0.3) is 10.0 Å². The zero-order chi connectivity index (χ0) is 21.4. The minimum absolute atomic E-state index is 0.139. The van der Waals surface area contributed by atoms with Crippen LogP contribution in [0, 0.1) is 0 Å². The number of hydrogen-bond donors (Lipinski definition) is 1. The molecule has 2 heterocycles. The van der Waals surface area contributed by atoms with Crippen molar-refractivity contribution >= 4 is 37.3 Å². The first-order valence-electron chi connectivity index (χ1n) is 9.73. The highest BCUT2D eigenvalue weighted by atomic mass is 32.2. The molecule has 7 nitrogen and oxygen atoms in total. The molecule has 2 aromatic carbocycles. The number of benzene rings is 2. The fraction of sp³-hybridized carbons (Fsp3) is 0.182. The molecule has 0 bridgehead atoms. The fourth-order valence-corrected chi connectivity index (χ4v) is 5.93. The van der Waals surface area contributed by atoms with Gasteiger partial charge in [0.2, 0.25) is 5.88 Å². The second kappa shape index (κ2) is 7.82. The van der Waals surface area contributed by atoms with Crippen LogP contribution >= 0.6 is 11.3 Å². The second-order valence-electron chi connectivity index (χ2n) is 7.12. The highest BCUT2D eigenvalue weighted by Crippen LogP contribution is 2.41. The van der Waals surface area contributed by atoms with Gasteiger partial charge in [0, 0.05) is 10.6 Å². The van der Waals surface area contributed by atoms with Gasteiger partial charge in [-0.25, -0.2) is 18.4 Å². The molecular weight excluding hydrogens is 434 g/mol. The number of sulfonamides is 1. The molecule has 4 aromatic rings. The van der Waals surface area contributed by atoms with E-state index in [9.17, 15) is 8.42 Å². The molecule has 1 aliphatic rings. The Hall–Kier alpha value is -3.17. The summed E-state index contributed by atoms with van der Waals surface area (Å²) in [6.07, 6.45) is 4.72. The van der Waals surface area contributed by atoms with Crippen molar-refractivity contribution in [3.8, 4) is 17.4 Å². The van der Waals surface area contributed by atoms with Crippen molar-refractivity contribution in [3.63, 3.8) is 0 Å². The van der Waals surface area contributed by atoms with E-state index in [0.29, 0.717) is 23.1 Å². The molecule has 0 saturated carbocycles. The average molecular weight is 454 g/mol. The average Bonchev–Trinajstić information content (AvgIpc) is 3.36. The number of ether oxygens (including phenoxy) is 2. The third-order valence-electron chi connectivity index (χ3n) is 5.16. The Morgan fingerprint density at radius 3 is 2.45 bits per heavy atom. The van der Waals surface area contributed by atoms with Crippen molar-refractivity contribution in [1.29, 1.82) is 0 Å². The third-order valence-corrected chi connectivity index (χ3v) is 7.75. The van der Waals surface area contributed by atoms with Crippen LogP contribution in [0.15, 0.2) is 59.8 Å². The smallest absolute Gasteiger partial charge is 0.261 e. The van der Waals surface area contributed by atoms with Gasteiger partial charge in [-0.05, 0) is 73.4 Å². The Morgan fingerprint density at radius 1 is 0.968 bits per heavy atom. The van der Waals surface area contributed by atoms with Crippen molar-refractivity contribution in [2.45, 2.75) is 24.2 Å². The Kier molecular flexibility index (Phi) is 4.99. The van der Waals surface area contributed by atoms with Crippen LogP contribution in [0.1, 0.15) is 16.9 Å². The molecule has 9 heteroatoms. The quantitative estimate of drug-likeness (QED) is 0.452. The number of nitrogens with one attached hydrogen (secondary N) is 1.